The Labute approximate surface area is 109 Å². The van der Waals surface area contributed by atoms with Crippen LogP contribution in [0.3, 0.4) is 0 Å². The Morgan fingerprint density at radius 2 is 2.11 bits per heavy atom. The van der Waals surface area contributed by atoms with Gasteiger partial charge in [0.2, 0.25) is 5.91 Å². The van der Waals surface area contributed by atoms with Crippen molar-refractivity contribution in [2.24, 2.45) is 24.6 Å². The molecule has 0 saturated heterocycles. The minimum absolute atomic E-state index is 0.0169. The average Bonchev–Trinajstić information content (AvgIpc) is 2.60. The third-order valence-electron chi connectivity index (χ3n) is 3.49. The predicted molar refractivity (Wildman–Crippen MR) is 71.9 cm³/mol. The standard InChI is InChI=1S/C13H24N4O/c1-8(2)11(6-14)13(18)16-9(3)12-7-15-17(5)10(12)4/h7-9,11H,6,14H2,1-5H3,(H,16,18). The Morgan fingerprint density at radius 1 is 1.50 bits per heavy atom. The van der Waals surface area contributed by atoms with Crippen molar-refractivity contribution in [3.8, 4) is 0 Å². The van der Waals surface area contributed by atoms with E-state index in [9.17, 15) is 4.79 Å². The van der Waals surface area contributed by atoms with Gasteiger partial charge in [-0.2, -0.15) is 5.10 Å². The van der Waals surface area contributed by atoms with Crippen LogP contribution in [0.25, 0.3) is 0 Å². The number of aromatic nitrogens is 2. The summed E-state index contributed by atoms with van der Waals surface area (Å²) in [5, 5.41) is 7.20. The molecule has 18 heavy (non-hydrogen) atoms. The molecule has 0 aromatic carbocycles. The Hall–Kier alpha value is -1.36. The third-order valence-corrected chi connectivity index (χ3v) is 3.49. The lowest BCUT2D eigenvalue weighted by Crippen LogP contribution is -2.39. The number of carbonyl (C=O) groups is 1. The fourth-order valence-corrected chi connectivity index (χ4v) is 2.02. The van der Waals surface area contributed by atoms with E-state index in [0.717, 1.165) is 11.3 Å². The van der Waals surface area contributed by atoms with Crippen molar-refractivity contribution in [3.05, 3.63) is 17.5 Å². The van der Waals surface area contributed by atoms with Gasteiger partial charge in [0.25, 0.3) is 0 Å². The summed E-state index contributed by atoms with van der Waals surface area (Å²) in [6.07, 6.45) is 1.80. The maximum atomic E-state index is 12.1. The molecule has 1 amide bonds. The van der Waals surface area contributed by atoms with Crippen molar-refractivity contribution in [3.63, 3.8) is 0 Å². The van der Waals surface area contributed by atoms with Gasteiger partial charge >= 0.3 is 0 Å². The lowest BCUT2D eigenvalue weighted by Gasteiger charge is -2.21. The number of aryl methyl sites for hydroxylation is 1. The molecule has 0 aliphatic rings. The zero-order valence-corrected chi connectivity index (χ0v) is 11.9. The molecular formula is C13H24N4O. The summed E-state index contributed by atoms with van der Waals surface area (Å²) in [7, 11) is 1.89. The van der Waals surface area contributed by atoms with E-state index in [1.54, 1.807) is 10.9 Å². The van der Waals surface area contributed by atoms with Crippen molar-refractivity contribution < 1.29 is 4.79 Å². The first-order valence-electron chi connectivity index (χ1n) is 6.37. The van der Waals surface area contributed by atoms with Crippen molar-refractivity contribution in [1.29, 1.82) is 0 Å². The maximum absolute atomic E-state index is 12.1. The first-order valence-corrected chi connectivity index (χ1v) is 6.37. The van der Waals surface area contributed by atoms with Gasteiger partial charge in [0.05, 0.1) is 18.2 Å². The summed E-state index contributed by atoms with van der Waals surface area (Å²) < 4.78 is 1.81. The van der Waals surface area contributed by atoms with Crippen LogP contribution in [0.4, 0.5) is 0 Å². The van der Waals surface area contributed by atoms with E-state index < -0.39 is 0 Å². The Morgan fingerprint density at radius 3 is 2.50 bits per heavy atom. The molecule has 0 aliphatic heterocycles. The quantitative estimate of drug-likeness (QED) is 0.825. The molecular weight excluding hydrogens is 228 g/mol. The van der Waals surface area contributed by atoms with Gasteiger partial charge in [-0.3, -0.25) is 9.48 Å². The minimum atomic E-state index is -0.135. The maximum Gasteiger partial charge on any atom is 0.225 e. The van der Waals surface area contributed by atoms with E-state index in [-0.39, 0.29) is 23.8 Å². The molecule has 0 radical (unpaired) electrons. The van der Waals surface area contributed by atoms with Crippen LogP contribution in [0, 0.1) is 18.8 Å². The molecule has 2 unspecified atom stereocenters. The minimum Gasteiger partial charge on any atom is -0.349 e. The van der Waals surface area contributed by atoms with Crippen LogP contribution in [-0.2, 0) is 11.8 Å². The summed E-state index contributed by atoms with van der Waals surface area (Å²) in [6.45, 7) is 8.36. The summed E-state index contributed by atoms with van der Waals surface area (Å²) in [5.41, 5.74) is 7.76. The normalized spacial score (nSPS) is 14.6. The van der Waals surface area contributed by atoms with Crippen LogP contribution >= 0.6 is 0 Å². The molecule has 0 fully saturated rings. The summed E-state index contributed by atoms with van der Waals surface area (Å²) >= 11 is 0. The van der Waals surface area contributed by atoms with Crippen molar-refractivity contribution in [2.75, 3.05) is 6.54 Å². The first-order chi connectivity index (χ1) is 8.38. The Bertz CT molecular complexity index is 411. The molecule has 5 nitrogen and oxygen atoms in total. The van der Waals surface area contributed by atoms with E-state index in [0.29, 0.717) is 6.54 Å². The molecule has 1 rings (SSSR count). The molecule has 3 N–H and O–H groups in total. The molecule has 5 heteroatoms. The van der Waals surface area contributed by atoms with Crippen LogP contribution in [0.1, 0.15) is 38.1 Å². The number of nitrogens with two attached hydrogens (primary N) is 1. The number of nitrogens with one attached hydrogen (secondary N) is 1. The average molecular weight is 252 g/mol. The van der Waals surface area contributed by atoms with Crippen LogP contribution in [0.2, 0.25) is 0 Å². The number of amides is 1. The molecule has 0 spiro atoms. The molecule has 0 aliphatic carbocycles. The first kappa shape index (κ1) is 14.7. The van der Waals surface area contributed by atoms with Gasteiger partial charge in [-0.1, -0.05) is 13.8 Å². The van der Waals surface area contributed by atoms with Gasteiger partial charge in [0, 0.05) is 24.8 Å². The van der Waals surface area contributed by atoms with E-state index >= 15 is 0 Å². The van der Waals surface area contributed by atoms with Crippen LogP contribution in [-0.4, -0.2) is 22.2 Å². The van der Waals surface area contributed by atoms with Gasteiger partial charge in [-0.05, 0) is 19.8 Å². The Kier molecular flexibility index (Phi) is 4.90. The van der Waals surface area contributed by atoms with Crippen molar-refractivity contribution in [2.45, 2.75) is 33.7 Å². The predicted octanol–water partition coefficient (Wildman–Crippen LogP) is 1.14. The van der Waals surface area contributed by atoms with Gasteiger partial charge in [0.1, 0.15) is 0 Å². The second-order valence-electron chi connectivity index (χ2n) is 5.13. The number of nitrogens with zero attached hydrogens (tertiary/aromatic N) is 2. The molecule has 2 atom stereocenters. The fourth-order valence-electron chi connectivity index (χ4n) is 2.02. The monoisotopic (exact) mass is 252 g/mol. The van der Waals surface area contributed by atoms with Crippen molar-refractivity contribution in [1.82, 2.24) is 15.1 Å². The van der Waals surface area contributed by atoms with Crippen molar-refractivity contribution >= 4 is 5.91 Å². The lowest BCUT2D eigenvalue weighted by molar-refractivity contribution is -0.126. The van der Waals surface area contributed by atoms with Crippen LogP contribution < -0.4 is 11.1 Å². The number of carbonyl (C=O) groups excluding carboxylic acids is 1. The van der Waals surface area contributed by atoms with E-state index in [1.807, 2.05) is 34.7 Å². The molecule has 102 valence electrons. The largest absolute Gasteiger partial charge is 0.349 e. The van der Waals surface area contributed by atoms with Crippen LogP contribution in [0.5, 0.6) is 0 Å². The van der Waals surface area contributed by atoms with Crippen LogP contribution in [0.15, 0.2) is 6.20 Å². The molecule has 1 heterocycles. The van der Waals surface area contributed by atoms with E-state index in [2.05, 4.69) is 10.4 Å². The SMILES string of the molecule is Cc1c(C(C)NC(=O)C(CN)C(C)C)cnn1C. The highest BCUT2D eigenvalue weighted by molar-refractivity contribution is 5.79. The Balaban J connectivity index is 2.73. The highest BCUT2D eigenvalue weighted by Crippen LogP contribution is 2.18. The number of hydrogen-bond donors (Lipinski definition) is 2. The zero-order chi connectivity index (χ0) is 13.9. The lowest BCUT2D eigenvalue weighted by atomic mass is 9.94. The number of rotatable bonds is 5. The number of hydrogen-bond acceptors (Lipinski definition) is 3. The van der Waals surface area contributed by atoms with Gasteiger partial charge in [0.15, 0.2) is 0 Å². The van der Waals surface area contributed by atoms with E-state index in [4.69, 9.17) is 5.73 Å². The third kappa shape index (κ3) is 3.10. The summed E-state index contributed by atoms with van der Waals surface area (Å²) in [4.78, 5) is 12.1. The summed E-state index contributed by atoms with van der Waals surface area (Å²) in [5.74, 6) is 0.130. The smallest absolute Gasteiger partial charge is 0.225 e. The highest BCUT2D eigenvalue weighted by Gasteiger charge is 2.23. The second kappa shape index (κ2) is 6.00. The van der Waals surface area contributed by atoms with Gasteiger partial charge in [-0.25, -0.2) is 0 Å². The highest BCUT2D eigenvalue weighted by atomic mass is 16.2. The second-order valence-corrected chi connectivity index (χ2v) is 5.13. The summed E-state index contributed by atoms with van der Waals surface area (Å²) in [6, 6.07) is -0.0426. The fraction of sp³-hybridized carbons (Fsp3) is 0.692. The molecule has 0 saturated carbocycles. The topological polar surface area (TPSA) is 72.9 Å². The zero-order valence-electron chi connectivity index (χ0n) is 11.9. The van der Waals surface area contributed by atoms with Gasteiger partial charge < -0.3 is 11.1 Å². The molecule has 1 aromatic heterocycles. The molecule has 1 aromatic rings. The van der Waals surface area contributed by atoms with E-state index in [1.165, 1.54) is 0 Å². The van der Waals surface area contributed by atoms with Gasteiger partial charge in [-0.15, -0.1) is 0 Å². The molecule has 0 bridgehead atoms.